The zero-order valence-electron chi connectivity index (χ0n) is 16.8. The Labute approximate surface area is 171 Å². The quantitative estimate of drug-likeness (QED) is 0.409. The summed E-state index contributed by atoms with van der Waals surface area (Å²) in [5.74, 6) is -0.725. The first-order valence-electron chi connectivity index (χ1n) is 10.1. The summed E-state index contributed by atoms with van der Waals surface area (Å²) in [6, 6.07) is 6.19. The zero-order chi connectivity index (χ0) is 19.8. The molecule has 27 heavy (non-hydrogen) atoms. The Morgan fingerprint density at radius 2 is 1.63 bits per heavy atom. The van der Waals surface area contributed by atoms with E-state index >= 15 is 0 Å². The lowest BCUT2D eigenvalue weighted by Gasteiger charge is -2.34. The molecule has 0 radical (unpaired) electrons. The third-order valence-corrected chi connectivity index (χ3v) is 5.80. The van der Waals surface area contributed by atoms with Crippen molar-refractivity contribution in [3.05, 3.63) is 28.2 Å². The Morgan fingerprint density at radius 3 is 2.26 bits per heavy atom. The van der Waals surface area contributed by atoms with Crippen LogP contribution in [0, 0.1) is 0 Å². The average molecular weight is 438 g/mol. The number of anilines is 1. The standard InChI is InChI=1S/C21H32BrN3O2/c1-4-7-8-9-12-24-13-14-25(21(27)20(24)26)16-17-10-11-19(18(22)15-17)23(5-2)6-3/h10-11,15H,4-9,12-14,16H2,1-3H3. The molecular weight excluding hydrogens is 406 g/mol. The van der Waals surface area contributed by atoms with Crippen molar-refractivity contribution < 1.29 is 9.59 Å². The van der Waals surface area contributed by atoms with Crippen LogP contribution in [0.25, 0.3) is 0 Å². The van der Waals surface area contributed by atoms with E-state index in [2.05, 4.69) is 53.7 Å². The van der Waals surface area contributed by atoms with Gasteiger partial charge in [-0.1, -0.05) is 32.3 Å². The van der Waals surface area contributed by atoms with Crippen LogP contribution >= 0.6 is 15.9 Å². The van der Waals surface area contributed by atoms with Crippen molar-refractivity contribution in [3.63, 3.8) is 0 Å². The van der Waals surface area contributed by atoms with E-state index in [0.29, 0.717) is 26.2 Å². The van der Waals surface area contributed by atoms with Gasteiger partial charge >= 0.3 is 11.8 Å². The average Bonchev–Trinajstić information content (AvgIpc) is 2.66. The van der Waals surface area contributed by atoms with Gasteiger partial charge in [0.25, 0.3) is 0 Å². The molecular formula is C21H32BrN3O2. The van der Waals surface area contributed by atoms with Gasteiger partial charge in [-0.2, -0.15) is 0 Å². The number of unbranched alkanes of at least 4 members (excludes halogenated alkanes) is 3. The minimum Gasteiger partial charge on any atom is -0.371 e. The number of carbonyl (C=O) groups excluding carboxylic acids is 2. The summed E-state index contributed by atoms with van der Waals surface area (Å²) >= 11 is 3.65. The van der Waals surface area contributed by atoms with Gasteiger partial charge in [-0.25, -0.2) is 0 Å². The van der Waals surface area contributed by atoms with Gasteiger partial charge in [0.05, 0.1) is 5.69 Å². The minimum absolute atomic E-state index is 0.350. The molecule has 150 valence electrons. The largest absolute Gasteiger partial charge is 0.371 e. The fourth-order valence-electron chi connectivity index (χ4n) is 3.50. The van der Waals surface area contributed by atoms with Crippen LogP contribution in [0.2, 0.25) is 0 Å². The number of piperazine rings is 1. The van der Waals surface area contributed by atoms with E-state index in [-0.39, 0.29) is 11.8 Å². The molecule has 1 saturated heterocycles. The molecule has 0 saturated carbocycles. The van der Waals surface area contributed by atoms with E-state index in [4.69, 9.17) is 0 Å². The van der Waals surface area contributed by atoms with Crippen LogP contribution in [0.1, 0.15) is 52.0 Å². The number of hydrogen-bond donors (Lipinski definition) is 0. The highest BCUT2D eigenvalue weighted by molar-refractivity contribution is 9.10. The Bertz CT molecular complexity index is 646. The lowest BCUT2D eigenvalue weighted by Crippen LogP contribution is -2.54. The van der Waals surface area contributed by atoms with Crippen molar-refractivity contribution in [2.75, 3.05) is 37.6 Å². The summed E-state index contributed by atoms with van der Waals surface area (Å²) in [4.78, 5) is 30.6. The van der Waals surface area contributed by atoms with Gasteiger partial charge in [0.1, 0.15) is 0 Å². The fraction of sp³-hybridized carbons (Fsp3) is 0.619. The monoisotopic (exact) mass is 437 g/mol. The van der Waals surface area contributed by atoms with Crippen LogP contribution < -0.4 is 4.90 Å². The number of nitrogens with zero attached hydrogens (tertiary/aromatic N) is 3. The Morgan fingerprint density at radius 1 is 0.963 bits per heavy atom. The molecule has 6 heteroatoms. The van der Waals surface area contributed by atoms with Crippen LogP contribution in [-0.4, -0.2) is 54.3 Å². The molecule has 0 N–H and O–H groups in total. The first-order valence-corrected chi connectivity index (χ1v) is 10.9. The summed E-state index contributed by atoms with van der Waals surface area (Å²) < 4.78 is 1.03. The van der Waals surface area contributed by atoms with E-state index in [9.17, 15) is 9.59 Å². The molecule has 2 amide bonds. The molecule has 0 atom stereocenters. The minimum atomic E-state index is -0.374. The van der Waals surface area contributed by atoms with Crippen LogP contribution in [-0.2, 0) is 16.1 Å². The van der Waals surface area contributed by atoms with Gasteiger partial charge in [-0.15, -0.1) is 0 Å². The number of rotatable bonds is 10. The number of halogens is 1. The summed E-state index contributed by atoms with van der Waals surface area (Å²) in [6.07, 6.45) is 4.45. The van der Waals surface area contributed by atoms with Crippen LogP contribution in [0.5, 0.6) is 0 Å². The van der Waals surface area contributed by atoms with E-state index in [0.717, 1.165) is 41.7 Å². The van der Waals surface area contributed by atoms with Gasteiger partial charge in [0.15, 0.2) is 0 Å². The van der Waals surface area contributed by atoms with E-state index in [1.54, 1.807) is 9.80 Å². The molecule has 0 aromatic heterocycles. The topological polar surface area (TPSA) is 43.9 Å². The maximum atomic E-state index is 12.5. The van der Waals surface area contributed by atoms with Crippen molar-refractivity contribution in [3.8, 4) is 0 Å². The molecule has 1 heterocycles. The third-order valence-electron chi connectivity index (χ3n) is 5.17. The van der Waals surface area contributed by atoms with Gasteiger partial charge < -0.3 is 14.7 Å². The van der Waals surface area contributed by atoms with Crippen molar-refractivity contribution in [1.82, 2.24) is 9.80 Å². The smallest absolute Gasteiger partial charge is 0.312 e. The van der Waals surface area contributed by atoms with Crippen molar-refractivity contribution in [1.29, 1.82) is 0 Å². The predicted octanol–water partition coefficient (Wildman–Crippen LogP) is 4.05. The third kappa shape index (κ3) is 5.71. The first kappa shape index (κ1) is 21.7. The first-order chi connectivity index (χ1) is 13.0. The molecule has 5 nitrogen and oxygen atoms in total. The molecule has 1 aliphatic rings. The SMILES string of the molecule is CCCCCCN1CCN(Cc2ccc(N(CC)CC)c(Br)c2)C(=O)C1=O. The molecule has 1 aliphatic heterocycles. The van der Waals surface area contributed by atoms with E-state index < -0.39 is 0 Å². The highest BCUT2D eigenvalue weighted by Gasteiger charge is 2.32. The molecule has 0 spiro atoms. The molecule has 0 unspecified atom stereocenters. The molecule has 0 aliphatic carbocycles. The summed E-state index contributed by atoms with van der Waals surface area (Å²) in [7, 11) is 0. The maximum Gasteiger partial charge on any atom is 0.312 e. The normalized spacial score (nSPS) is 14.8. The van der Waals surface area contributed by atoms with Crippen molar-refractivity contribution >= 4 is 33.4 Å². The number of hydrogen-bond acceptors (Lipinski definition) is 3. The highest BCUT2D eigenvalue weighted by atomic mass is 79.9. The van der Waals surface area contributed by atoms with E-state index in [1.807, 2.05) is 6.07 Å². The second-order valence-corrected chi connectivity index (χ2v) is 7.89. The molecule has 1 aromatic rings. The Kier molecular flexibility index (Phi) is 8.61. The lowest BCUT2D eigenvalue weighted by atomic mass is 10.1. The van der Waals surface area contributed by atoms with Gasteiger partial charge in [-0.05, 0) is 53.9 Å². The number of amides is 2. The van der Waals surface area contributed by atoms with Crippen molar-refractivity contribution in [2.45, 2.75) is 53.0 Å². The zero-order valence-corrected chi connectivity index (χ0v) is 18.4. The van der Waals surface area contributed by atoms with Crippen LogP contribution in [0.3, 0.4) is 0 Å². The predicted molar refractivity (Wildman–Crippen MR) is 114 cm³/mol. The lowest BCUT2D eigenvalue weighted by molar-refractivity contribution is -0.156. The maximum absolute atomic E-state index is 12.5. The molecule has 0 bridgehead atoms. The molecule has 2 rings (SSSR count). The van der Waals surface area contributed by atoms with Crippen LogP contribution in [0.15, 0.2) is 22.7 Å². The summed E-state index contributed by atoms with van der Waals surface area (Å²) in [6.45, 7) is 10.7. The number of carbonyl (C=O) groups is 2. The van der Waals surface area contributed by atoms with Gasteiger partial charge in [0, 0.05) is 43.7 Å². The fourth-order valence-corrected chi connectivity index (χ4v) is 4.18. The number of benzene rings is 1. The van der Waals surface area contributed by atoms with Gasteiger partial charge in [0.2, 0.25) is 0 Å². The second-order valence-electron chi connectivity index (χ2n) is 7.04. The second kappa shape index (κ2) is 10.7. The Hall–Kier alpha value is -1.56. The van der Waals surface area contributed by atoms with Crippen molar-refractivity contribution in [2.24, 2.45) is 0 Å². The highest BCUT2D eigenvalue weighted by Crippen LogP contribution is 2.28. The molecule has 1 aromatic carbocycles. The van der Waals surface area contributed by atoms with Gasteiger partial charge in [-0.3, -0.25) is 9.59 Å². The van der Waals surface area contributed by atoms with E-state index in [1.165, 1.54) is 12.8 Å². The summed E-state index contributed by atoms with van der Waals surface area (Å²) in [5, 5.41) is 0. The summed E-state index contributed by atoms with van der Waals surface area (Å²) in [5.41, 5.74) is 2.19. The van der Waals surface area contributed by atoms with Crippen LogP contribution in [0.4, 0.5) is 5.69 Å². The molecule has 1 fully saturated rings. The Balaban J connectivity index is 1.95.